The topological polar surface area (TPSA) is 84.0 Å². The van der Waals surface area contributed by atoms with Gasteiger partial charge in [-0.1, -0.05) is 32.1 Å². The summed E-state index contributed by atoms with van der Waals surface area (Å²) in [6.07, 6.45) is 8.90. The first-order chi connectivity index (χ1) is 15.5. The monoisotopic (exact) mass is 440 g/mol. The van der Waals surface area contributed by atoms with Gasteiger partial charge in [0.05, 0.1) is 24.3 Å². The first-order valence-electron chi connectivity index (χ1n) is 12.0. The van der Waals surface area contributed by atoms with E-state index in [-0.39, 0.29) is 42.7 Å². The van der Waals surface area contributed by atoms with Crippen molar-refractivity contribution in [2.75, 3.05) is 11.5 Å². The number of anilines is 1. The zero-order chi connectivity index (χ0) is 22.7. The minimum absolute atomic E-state index is 0.0213. The molecular weight excluding hydrogens is 408 g/mol. The summed E-state index contributed by atoms with van der Waals surface area (Å²) in [5, 5.41) is 0. The molecule has 2 aliphatic carbocycles. The van der Waals surface area contributed by atoms with E-state index in [0.717, 1.165) is 57.8 Å². The van der Waals surface area contributed by atoms with Crippen LogP contribution in [-0.2, 0) is 19.1 Å². The van der Waals surface area contributed by atoms with Gasteiger partial charge in [-0.15, -0.1) is 0 Å². The number of hydrogen-bond donors (Lipinski definition) is 0. The molecule has 0 spiro atoms. The molecule has 1 heterocycles. The van der Waals surface area contributed by atoms with Crippen molar-refractivity contribution in [2.45, 2.75) is 83.2 Å². The number of amides is 3. The third-order valence-corrected chi connectivity index (χ3v) is 7.02. The predicted molar refractivity (Wildman–Crippen MR) is 119 cm³/mol. The molecule has 0 N–H and O–H groups in total. The van der Waals surface area contributed by atoms with Crippen molar-refractivity contribution in [3.63, 3.8) is 0 Å². The van der Waals surface area contributed by atoms with Gasteiger partial charge < -0.3 is 9.64 Å². The van der Waals surface area contributed by atoms with Crippen LogP contribution in [0.3, 0.4) is 0 Å². The Labute approximate surface area is 189 Å². The van der Waals surface area contributed by atoms with E-state index >= 15 is 0 Å². The molecule has 2 saturated carbocycles. The Morgan fingerprint density at radius 1 is 0.969 bits per heavy atom. The van der Waals surface area contributed by atoms with Crippen molar-refractivity contribution in [1.29, 1.82) is 0 Å². The third kappa shape index (κ3) is 4.43. The van der Waals surface area contributed by atoms with Crippen LogP contribution in [-0.4, -0.2) is 47.3 Å². The average Bonchev–Trinajstić information content (AvgIpc) is 3.43. The van der Waals surface area contributed by atoms with Crippen LogP contribution in [0.15, 0.2) is 24.3 Å². The molecule has 4 rings (SSSR count). The lowest BCUT2D eigenvalue weighted by Crippen LogP contribution is -2.52. The summed E-state index contributed by atoms with van der Waals surface area (Å²) in [6, 6.07) is 5.61. The van der Waals surface area contributed by atoms with E-state index in [1.807, 2.05) is 0 Å². The SMILES string of the molecule is CCOC(=O)c1ccc(N2C(=O)CC(N(C(=O)C3CCCCC3)C3CCCC3)C2=O)cc1. The molecule has 3 fully saturated rings. The molecule has 7 nitrogen and oxygen atoms in total. The van der Waals surface area contributed by atoms with Gasteiger partial charge in [-0.2, -0.15) is 0 Å². The highest BCUT2D eigenvalue weighted by molar-refractivity contribution is 6.23. The summed E-state index contributed by atoms with van der Waals surface area (Å²) in [4.78, 5) is 54.8. The van der Waals surface area contributed by atoms with Crippen LogP contribution >= 0.6 is 0 Å². The summed E-state index contributed by atoms with van der Waals surface area (Å²) in [6.45, 7) is 2.01. The maximum Gasteiger partial charge on any atom is 0.338 e. The van der Waals surface area contributed by atoms with Crippen LogP contribution in [0.1, 0.15) is 81.5 Å². The lowest BCUT2D eigenvalue weighted by atomic mass is 9.87. The Bertz CT molecular complexity index is 869. The maximum atomic E-state index is 13.5. The molecule has 1 aromatic rings. The van der Waals surface area contributed by atoms with Gasteiger partial charge in [0.1, 0.15) is 6.04 Å². The number of carbonyl (C=O) groups is 4. The van der Waals surface area contributed by atoms with Crippen molar-refractivity contribution in [3.8, 4) is 0 Å². The molecule has 7 heteroatoms. The summed E-state index contributed by atoms with van der Waals surface area (Å²) in [5.41, 5.74) is 0.790. The summed E-state index contributed by atoms with van der Waals surface area (Å²) >= 11 is 0. The van der Waals surface area contributed by atoms with Crippen molar-refractivity contribution in [2.24, 2.45) is 5.92 Å². The molecule has 32 heavy (non-hydrogen) atoms. The average molecular weight is 441 g/mol. The Morgan fingerprint density at radius 2 is 1.59 bits per heavy atom. The summed E-state index contributed by atoms with van der Waals surface area (Å²) in [5.74, 6) is -1.06. The highest BCUT2D eigenvalue weighted by Gasteiger charge is 2.47. The van der Waals surface area contributed by atoms with Crippen LogP contribution in [0, 0.1) is 5.92 Å². The zero-order valence-electron chi connectivity index (χ0n) is 18.8. The summed E-state index contributed by atoms with van der Waals surface area (Å²) < 4.78 is 4.99. The van der Waals surface area contributed by atoms with Crippen LogP contribution in [0.25, 0.3) is 0 Å². The fourth-order valence-corrected chi connectivity index (χ4v) is 5.40. The smallest absolute Gasteiger partial charge is 0.338 e. The highest BCUT2D eigenvalue weighted by Crippen LogP contribution is 2.35. The van der Waals surface area contributed by atoms with Crippen LogP contribution < -0.4 is 4.90 Å². The molecule has 0 radical (unpaired) electrons. The van der Waals surface area contributed by atoms with E-state index < -0.39 is 12.0 Å². The lowest BCUT2D eigenvalue weighted by Gasteiger charge is -2.36. The number of ether oxygens (including phenoxy) is 1. The molecule has 1 unspecified atom stereocenters. The number of esters is 1. The molecule has 3 aliphatic rings. The maximum absolute atomic E-state index is 13.5. The quantitative estimate of drug-likeness (QED) is 0.496. The molecule has 1 aliphatic heterocycles. The Balaban J connectivity index is 1.56. The standard InChI is InChI=1S/C25H32N2O5/c1-2-32-25(31)18-12-14-20(15-13-18)27-22(28)16-21(24(27)30)26(19-10-6-7-11-19)23(29)17-8-4-3-5-9-17/h12-15,17,19,21H,2-11,16H2,1H3. The fourth-order valence-electron chi connectivity index (χ4n) is 5.40. The number of nitrogens with zero attached hydrogens (tertiary/aromatic N) is 2. The van der Waals surface area contributed by atoms with E-state index in [9.17, 15) is 19.2 Å². The number of imide groups is 1. The minimum atomic E-state index is -0.732. The molecule has 1 aromatic carbocycles. The minimum Gasteiger partial charge on any atom is -0.462 e. The molecule has 0 bridgehead atoms. The van der Waals surface area contributed by atoms with Crippen LogP contribution in [0.2, 0.25) is 0 Å². The van der Waals surface area contributed by atoms with Crippen LogP contribution in [0.4, 0.5) is 5.69 Å². The van der Waals surface area contributed by atoms with Gasteiger partial charge in [-0.25, -0.2) is 9.69 Å². The van der Waals surface area contributed by atoms with Gasteiger partial charge in [0, 0.05) is 12.0 Å². The highest BCUT2D eigenvalue weighted by atomic mass is 16.5. The number of hydrogen-bond acceptors (Lipinski definition) is 5. The predicted octanol–water partition coefficient (Wildman–Crippen LogP) is 3.85. The van der Waals surface area contributed by atoms with Crippen molar-refractivity contribution in [1.82, 2.24) is 4.90 Å². The molecule has 172 valence electrons. The second-order valence-corrected chi connectivity index (χ2v) is 9.07. The first-order valence-corrected chi connectivity index (χ1v) is 12.0. The third-order valence-electron chi connectivity index (χ3n) is 7.02. The molecular formula is C25H32N2O5. The zero-order valence-corrected chi connectivity index (χ0v) is 18.8. The van der Waals surface area contributed by atoms with E-state index in [4.69, 9.17) is 4.74 Å². The lowest BCUT2D eigenvalue weighted by molar-refractivity contribution is -0.145. The Morgan fingerprint density at radius 3 is 2.22 bits per heavy atom. The van der Waals surface area contributed by atoms with E-state index in [1.165, 1.54) is 4.90 Å². The van der Waals surface area contributed by atoms with Gasteiger partial charge in [-0.3, -0.25) is 14.4 Å². The number of carbonyl (C=O) groups excluding carboxylic acids is 4. The van der Waals surface area contributed by atoms with Crippen molar-refractivity contribution < 1.29 is 23.9 Å². The van der Waals surface area contributed by atoms with E-state index in [2.05, 4.69) is 0 Å². The Hall–Kier alpha value is -2.70. The fraction of sp³-hybridized carbons (Fsp3) is 0.600. The second kappa shape index (κ2) is 9.84. The van der Waals surface area contributed by atoms with Gasteiger partial charge in [0.15, 0.2) is 0 Å². The molecule has 1 atom stereocenters. The van der Waals surface area contributed by atoms with E-state index in [1.54, 1.807) is 36.1 Å². The first kappa shape index (κ1) is 22.5. The molecule has 0 aromatic heterocycles. The van der Waals surface area contributed by atoms with Crippen LogP contribution in [0.5, 0.6) is 0 Å². The molecule has 3 amide bonds. The van der Waals surface area contributed by atoms with Crippen molar-refractivity contribution in [3.05, 3.63) is 29.8 Å². The van der Waals surface area contributed by atoms with E-state index in [0.29, 0.717) is 11.3 Å². The van der Waals surface area contributed by atoms with Gasteiger partial charge in [0.25, 0.3) is 5.91 Å². The number of benzene rings is 1. The number of rotatable bonds is 6. The Kier molecular flexibility index (Phi) is 6.92. The van der Waals surface area contributed by atoms with Gasteiger partial charge in [0.2, 0.25) is 11.8 Å². The largest absolute Gasteiger partial charge is 0.462 e. The normalized spacial score (nSPS) is 22.4. The summed E-state index contributed by atoms with van der Waals surface area (Å²) in [7, 11) is 0. The second-order valence-electron chi connectivity index (χ2n) is 9.07. The van der Waals surface area contributed by atoms with Crippen molar-refractivity contribution >= 4 is 29.4 Å². The molecule has 1 saturated heterocycles. The van der Waals surface area contributed by atoms with Gasteiger partial charge in [-0.05, 0) is 56.9 Å². The van der Waals surface area contributed by atoms with Gasteiger partial charge >= 0.3 is 5.97 Å².